The topological polar surface area (TPSA) is 64.7 Å². The van der Waals surface area contributed by atoms with Crippen LogP contribution >= 0.6 is 15.9 Å². The maximum Gasteiger partial charge on any atom is 0.434 e. The van der Waals surface area contributed by atoms with Crippen molar-refractivity contribution in [2.45, 2.75) is 33.5 Å². The van der Waals surface area contributed by atoms with Crippen LogP contribution in [-0.4, -0.2) is 25.5 Å². The Morgan fingerprint density at radius 3 is 2.41 bits per heavy atom. The van der Waals surface area contributed by atoms with Gasteiger partial charge >= 0.3 is 6.18 Å². The Balaban J connectivity index is 1.89. The summed E-state index contributed by atoms with van der Waals surface area (Å²) in [7, 11) is 1.14. The predicted octanol–water partition coefficient (Wildman–Crippen LogP) is 4.62. The van der Waals surface area contributed by atoms with Gasteiger partial charge in [0.15, 0.2) is 11.4 Å². The molecule has 154 valence electrons. The number of amides is 1. The van der Waals surface area contributed by atoms with E-state index >= 15 is 0 Å². The minimum absolute atomic E-state index is 0.342. The van der Waals surface area contributed by atoms with Gasteiger partial charge in [0, 0.05) is 7.05 Å². The molecule has 1 N–H and O–H groups in total. The molecule has 0 atom stereocenters. The van der Waals surface area contributed by atoms with Gasteiger partial charge in [-0.15, -0.1) is 0 Å². The second-order valence-electron chi connectivity index (χ2n) is 6.72. The third kappa shape index (κ3) is 4.07. The highest BCUT2D eigenvalue weighted by Crippen LogP contribution is 2.36. The number of benzene rings is 1. The van der Waals surface area contributed by atoms with Crippen LogP contribution in [0, 0.1) is 20.8 Å². The number of aromatic nitrogens is 4. The van der Waals surface area contributed by atoms with E-state index < -0.39 is 22.3 Å². The molecule has 0 fully saturated rings. The fourth-order valence-corrected chi connectivity index (χ4v) is 3.85. The van der Waals surface area contributed by atoms with Gasteiger partial charge in [-0.05, 0) is 47.8 Å². The van der Waals surface area contributed by atoms with Crippen LogP contribution in [0.1, 0.15) is 38.7 Å². The van der Waals surface area contributed by atoms with Crippen molar-refractivity contribution in [1.82, 2.24) is 19.6 Å². The molecule has 0 radical (unpaired) electrons. The number of aryl methyl sites for hydroxylation is 3. The molecule has 0 spiro atoms. The maximum atomic E-state index is 13.1. The molecule has 1 amide bonds. The highest BCUT2D eigenvalue weighted by molar-refractivity contribution is 9.10. The van der Waals surface area contributed by atoms with E-state index in [9.17, 15) is 18.0 Å². The van der Waals surface area contributed by atoms with Gasteiger partial charge in [0.25, 0.3) is 5.91 Å². The first-order valence-corrected chi connectivity index (χ1v) is 9.49. The van der Waals surface area contributed by atoms with Crippen LogP contribution in [-0.2, 0) is 19.8 Å². The summed E-state index contributed by atoms with van der Waals surface area (Å²) in [6.45, 7) is 6.04. The standard InChI is InChI=1S/C19H19BrF3N5O/c1-10-7-5-6-8-13(10)9-28-12(3)15(11(2)25-28)24-18(29)16-14(20)17(19(21,22)23)27(4)26-16/h5-8H,9H2,1-4H3,(H,24,29). The summed E-state index contributed by atoms with van der Waals surface area (Å²) < 4.78 is 41.4. The highest BCUT2D eigenvalue weighted by Gasteiger charge is 2.39. The molecule has 0 unspecified atom stereocenters. The van der Waals surface area contributed by atoms with Crippen molar-refractivity contribution in [3.8, 4) is 0 Å². The van der Waals surface area contributed by atoms with Gasteiger partial charge in [0.2, 0.25) is 0 Å². The van der Waals surface area contributed by atoms with Crippen LogP contribution < -0.4 is 5.32 Å². The Bertz CT molecular complexity index is 1080. The third-order valence-electron chi connectivity index (χ3n) is 4.67. The molecule has 3 rings (SSSR count). The minimum atomic E-state index is -4.64. The van der Waals surface area contributed by atoms with E-state index in [4.69, 9.17) is 0 Å². The van der Waals surface area contributed by atoms with Gasteiger partial charge in [-0.2, -0.15) is 23.4 Å². The summed E-state index contributed by atoms with van der Waals surface area (Å²) in [5.41, 5.74) is 2.54. The molecular formula is C19H19BrF3N5O. The number of hydrogen-bond donors (Lipinski definition) is 1. The van der Waals surface area contributed by atoms with Crippen LogP contribution in [0.5, 0.6) is 0 Å². The van der Waals surface area contributed by atoms with E-state index in [1.165, 1.54) is 0 Å². The van der Waals surface area contributed by atoms with Crippen molar-refractivity contribution in [1.29, 1.82) is 0 Å². The van der Waals surface area contributed by atoms with Crippen molar-refractivity contribution in [3.63, 3.8) is 0 Å². The molecule has 2 heterocycles. The summed E-state index contributed by atoms with van der Waals surface area (Å²) >= 11 is 2.86. The van der Waals surface area contributed by atoms with E-state index in [-0.39, 0.29) is 5.69 Å². The van der Waals surface area contributed by atoms with Crippen LogP contribution in [0.4, 0.5) is 18.9 Å². The molecule has 29 heavy (non-hydrogen) atoms. The smallest absolute Gasteiger partial charge is 0.317 e. The van der Waals surface area contributed by atoms with E-state index in [2.05, 4.69) is 31.4 Å². The number of anilines is 1. The lowest BCUT2D eigenvalue weighted by Gasteiger charge is -2.09. The molecule has 0 saturated heterocycles. The molecular weight excluding hydrogens is 451 g/mol. The molecule has 6 nitrogen and oxygen atoms in total. The zero-order valence-corrected chi connectivity index (χ0v) is 17.8. The second-order valence-corrected chi connectivity index (χ2v) is 7.51. The number of carbonyl (C=O) groups is 1. The highest BCUT2D eigenvalue weighted by atomic mass is 79.9. The average molecular weight is 470 g/mol. The Kier molecular flexibility index (Phi) is 5.57. The lowest BCUT2D eigenvalue weighted by molar-refractivity contribution is -0.144. The number of rotatable bonds is 4. The first-order valence-electron chi connectivity index (χ1n) is 8.70. The second kappa shape index (κ2) is 7.66. The van der Waals surface area contributed by atoms with Gasteiger partial charge in [-0.25, -0.2) is 0 Å². The number of nitrogens with zero attached hydrogens (tertiary/aromatic N) is 4. The Morgan fingerprint density at radius 1 is 1.17 bits per heavy atom. The molecule has 1 aromatic carbocycles. The fourth-order valence-electron chi connectivity index (χ4n) is 3.10. The zero-order chi connectivity index (χ0) is 21.5. The lowest BCUT2D eigenvalue weighted by atomic mass is 10.1. The Morgan fingerprint density at radius 2 is 1.83 bits per heavy atom. The van der Waals surface area contributed by atoms with Gasteiger partial charge in [0.05, 0.1) is 28.1 Å². The van der Waals surface area contributed by atoms with Crippen molar-refractivity contribution in [3.05, 3.63) is 62.6 Å². The SMILES string of the molecule is Cc1ccccc1Cn1nc(C)c(NC(=O)c2nn(C)c(C(F)(F)F)c2Br)c1C. The summed E-state index contributed by atoms with van der Waals surface area (Å²) in [4.78, 5) is 12.6. The third-order valence-corrected chi connectivity index (χ3v) is 5.43. The first-order chi connectivity index (χ1) is 13.5. The summed E-state index contributed by atoms with van der Waals surface area (Å²) in [6, 6.07) is 7.88. The average Bonchev–Trinajstić information content (AvgIpc) is 3.07. The number of nitrogens with one attached hydrogen (secondary N) is 1. The fraction of sp³-hybridized carbons (Fsp3) is 0.316. The van der Waals surface area contributed by atoms with Crippen LogP contribution in [0.15, 0.2) is 28.7 Å². The monoisotopic (exact) mass is 469 g/mol. The van der Waals surface area contributed by atoms with Gasteiger partial charge in [0.1, 0.15) is 0 Å². The molecule has 0 aliphatic rings. The molecule has 2 aromatic heterocycles. The van der Waals surface area contributed by atoms with Crippen LogP contribution in [0.3, 0.4) is 0 Å². The van der Waals surface area contributed by atoms with E-state index in [0.717, 1.165) is 18.2 Å². The van der Waals surface area contributed by atoms with Crippen molar-refractivity contribution in [2.24, 2.45) is 7.05 Å². The normalized spacial score (nSPS) is 11.7. The molecule has 0 aliphatic carbocycles. The number of alkyl halides is 3. The van der Waals surface area contributed by atoms with Gasteiger partial charge < -0.3 is 5.32 Å². The maximum absolute atomic E-state index is 13.1. The Labute approximate surface area is 173 Å². The molecule has 10 heteroatoms. The largest absolute Gasteiger partial charge is 0.434 e. The van der Waals surface area contributed by atoms with Crippen molar-refractivity contribution >= 4 is 27.5 Å². The molecule has 0 aliphatic heterocycles. The van der Waals surface area contributed by atoms with E-state index in [0.29, 0.717) is 28.3 Å². The van der Waals surface area contributed by atoms with Gasteiger partial charge in [-0.1, -0.05) is 24.3 Å². The Hall–Kier alpha value is -2.62. The van der Waals surface area contributed by atoms with E-state index in [1.54, 1.807) is 18.5 Å². The number of carbonyl (C=O) groups excluding carboxylic acids is 1. The number of hydrogen-bond acceptors (Lipinski definition) is 3. The van der Waals surface area contributed by atoms with Gasteiger partial charge in [-0.3, -0.25) is 14.2 Å². The first kappa shape index (κ1) is 21.1. The molecule has 0 saturated carbocycles. The van der Waals surface area contributed by atoms with Crippen molar-refractivity contribution in [2.75, 3.05) is 5.32 Å². The minimum Gasteiger partial charge on any atom is -0.317 e. The molecule has 0 bridgehead atoms. The number of halogens is 4. The van der Waals surface area contributed by atoms with Crippen LogP contribution in [0.2, 0.25) is 0 Å². The molecule has 3 aromatic rings. The van der Waals surface area contributed by atoms with Crippen molar-refractivity contribution < 1.29 is 18.0 Å². The summed E-state index contributed by atoms with van der Waals surface area (Å²) in [5, 5.41) is 10.8. The quantitative estimate of drug-likeness (QED) is 0.605. The van der Waals surface area contributed by atoms with Crippen LogP contribution in [0.25, 0.3) is 0 Å². The summed E-state index contributed by atoms with van der Waals surface area (Å²) in [6.07, 6.45) is -4.64. The summed E-state index contributed by atoms with van der Waals surface area (Å²) in [5.74, 6) is -0.746. The predicted molar refractivity (Wildman–Crippen MR) is 106 cm³/mol. The van der Waals surface area contributed by atoms with E-state index in [1.807, 2.05) is 31.2 Å². The zero-order valence-electron chi connectivity index (χ0n) is 16.2. The lowest BCUT2D eigenvalue weighted by Crippen LogP contribution is -2.15.